The number of methoxy groups -OCH3 is 1. The second-order valence-corrected chi connectivity index (χ2v) is 17.2. The molecule has 1 saturated heterocycles. The van der Waals surface area contributed by atoms with Crippen molar-refractivity contribution in [3.05, 3.63) is 178 Å². The Labute approximate surface area is 368 Å². The van der Waals surface area contributed by atoms with E-state index in [0.717, 1.165) is 27.0 Å². The van der Waals surface area contributed by atoms with E-state index < -0.39 is 58.3 Å². The minimum absolute atomic E-state index is 0.105. The summed E-state index contributed by atoms with van der Waals surface area (Å²) in [5, 5.41) is 18.8. The molecule has 63 heavy (non-hydrogen) atoms. The molecule has 6 aromatic rings. The third kappa shape index (κ3) is 10.4. The van der Waals surface area contributed by atoms with E-state index in [0.29, 0.717) is 10.1 Å². The number of Topliss-reactive ketones (excluding diaryl/α,β-unsaturated/α-hetero) is 1. The van der Waals surface area contributed by atoms with Gasteiger partial charge in [-0.3, -0.25) is 19.3 Å². The molecule has 4 aromatic carbocycles. The van der Waals surface area contributed by atoms with Gasteiger partial charge >= 0.3 is 10.4 Å². The van der Waals surface area contributed by atoms with Crippen molar-refractivity contribution in [1.29, 1.82) is 0 Å². The number of amides is 1. The van der Waals surface area contributed by atoms with Gasteiger partial charge < -0.3 is 19.0 Å². The number of thiazole rings is 1. The predicted molar refractivity (Wildman–Crippen MR) is 230 cm³/mol. The minimum Gasteiger partial charge on any atom is -0.477 e. The number of carbonyl (C=O) groups excluding carboxylic acids is 2. The summed E-state index contributed by atoms with van der Waals surface area (Å²) in [5.74, 6) is -2.12. The largest absolute Gasteiger partial charge is 0.477 e. The maximum absolute atomic E-state index is 14.0. The molecule has 0 spiro atoms. The molecule has 0 saturated carbocycles. The average molecular weight is 894 g/mol. The van der Waals surface area contributed by atoms with Crippen LogP contribution in [0.3, 0.4) is 0 Å². The van der Waals surface area contributed by atoms with Crippen molar-refractivity contribution < 1.29 is 55.8 Å². The number of hydroxylamine groups is 2. The van der Waals surface area contributed by atoms with E-state index in [1.807, 2.05) is 121 Å². The fourth-order valence-electron chi connectivity index (χ4n) is 7.16. The second-order valence-electron chi connectivity index (χ2n) is 15.1. The summed E-state index contributed by atoms with van der Waals surface area (Å²) in [6.07, 6.45) is -1.51. The summed E-state index contributed by atoms with van der Waals surface area (Å²) < 4.78 is 56.6. The van der Waals surface area contributed by atoms with Gasteiger partial charge in [0.25, 0.3) is 17.8 Å². The summed E-state index contributed by atoms with van der Waals surface area (Å²) >= 11 is 1.26. The first-order valence-corrected chi connectivity index (χ1v) is 22.0. The van der Waals surface area contributed by atoms with Crippen LogP contribution in [-0.4, -0.2) is 64.9 Å². The summed E-state index contributed by atoms with van der Waals surface area (Å²) in [6, 6.07) is 40.1. The van der Waals surface area contributed by atoms with Gasteiger partial charge in [-0.05, 0) is 43.0 Å². The van der Waals surface area contributed by atoms with Gasteiger partial charge in [0.15, 0.2) is 17.2 Å². The first kappa shape index (κ1) is 44.6. The summed E-state index contributed by atoms with van der Waals surface area (Å²) in [4.78, 5) is 37.5. The highest BCUT2D eigenvalue weighted by atomic mass is 32.3. The number of hydrogen-bond acceptors (Lipinski definition) is 13. The Balaban J connectivity index is 1.29. The topological polar surface area (TPSA) is 187 Å². The van der Waals surface area contributed by atoms with E-state index in [9.17, 15) is 27.8 Å². The molecular weight excluding hydrogens is 849 g/mol. The molecule has 0 radical (unpaired) electrons. The predicted octanol–water partition coefficient (Wildman–Crippen LogP) is 7.35. The van der Waals surface area contributed by atoms with Crippen LogP contribution in [0.15, 0.2) is 144 Å². The van der Waals surface area contributed by atoms with Crippen molar-refractivity contribution in [3.8, 4) is 11.5 Å². The number of aromatic nitrogens is 2. The van der Waals surface area contributed by atoms with Crippen molar-refractivity contribution in [2.75, 3.05) is 13.7 Å². The number of hydrogen-bond donors (Lipinski definition) is 2. The van der Waals surface area contributed by atoms with Gasteiger partial charge in [-0.2, -0.15) is 13.5 Å². The number of β-lactam (4-membered cyclic amide) rings is 1. The Bertz CT molecular complexity index is 2590. The van der Waals surface area contributed by atoms with Gasteiger partial charge in [-0.1, -0.05) is 126 Å². The van der Waals surface area contributed by atoms with E-state index in [4.69, 9.17) is 19.0 Å². The zero-order valence-electron chi connectivity index (χ0n) is 34.7. The molecule has 1 aliphatic heterocycles. The van der Waals surface area contributed by atoms with Crippen molar-refractivity contribution in [2.45, 2.75) is 51.0 Å². The normalized spacial score (nSPS) is 15.5. The lowest BCUT2D eigenvalue weighted by Gasteiger charge is -2.50. The fourth-order valence-corrected chi connectivity index (χ4v) is 8.22. The van der Waals surface area contributed by atoms with Crippen LogP contribution in [0.2, 0.25) is 0 Å². The molecule has 1 unspecified atom stereocenters. The van der Waals surface area contributed by atoms with Crippen LogP contribution in [0, 0.1) is 12.8 Å². The number of pyridine rings is 1. The molecular formula is C46H45N4O11S2+. The van der Waals surface area contributed by atoms with Crippen molar-refractivity contribution in [3.63, 3.8) is 0 Å². The molecule has 17 heteroatoms. The van der Waals surface area contributed by atoms with E-state index in [1.54, 1.807) is 18.4 Å². The molecule has 1 amide bonds. The quantitative estimate of drug-likeness (QED) is 0.0206. The average Bonchev–Trinajstić information content (AvgIpc) is 3.72. The lowest BCUT2D eigenvalue weighted by molar-refractivity contribution is -0.911. The maximum atomic E-state index is 14.0. The molecule has 7 rings (SSSR count). The lowest BCUT2D eigenvalue weighted by atomic mass is 9.74. The number of ketones is 1. The van der Waals surface area contributed by atoms with Crippen LogP contribution in [0.1, 0.15) is 77.2 Å². The van der Waals surface area contributed by atoms with Gasteiger partial charge in [-0.25, -0.2) is 4.98 Å². The highest BCUT2D eigenvalue weighted by molar-refractivity contribution is 7.80. The highest BCUT2D eigenvalue weighted by Gasteiger charge is 2.57. The molecule has 0 bridgehead atoms. The number of oxime groups is 1. The molecule has 2 atom stereocenters. The lowest BCUT2D eigenvalue weighted by Crippen LogP contribution is -2.68. The van der Waals surface area contributed by atoms with Crippen molar-refractivity contribution in [1.82, 2.24) is 10.0 Å². The van der Waals surface area contributed by atoms with E-state index in [2.05, 4.69) is 14.4 Å². The summed E-state index contributed by atoms with van der Waals surface area (Å²) in [7, 11) is -3.57. The third-order valence-corrected chi connectivity index (χ3v) is 11.5. The molecule has 1 fully saturated rings. The zero-order valence-corrected chi connectivity index (χ0v) is 36.3. The summed E-state index contributed by atoms with van der Waals surface area (Å²) in [5.41, 5.74) is 2.12. The molecule has 1 aliphatic rings. The SMILES string of the molecule is COCC(O/N=C(\C(=O)C[C@@H]1C(=O)N(OS(=O)(=O)O)C1(C)C)c1csc(C)n1)c1cc(OC(c2ccccc2)c2ccccc2)c(OC(c2ccccc2)c2ccccc2)c[n+]1O. The van der Waals surface area contributed by atoms with Crippen LogP contribution in [0.25, 0.3) is 0 Å². The Morgan fingerprint density at radius 1 is 0.857 bits per heavy atom. The molecule has 3 heterocycles. The molecule has 326 valence electrons. The van der Waals surface area contributed by atoms with Crippen LogP contribution in [-0.2, 0) is 33.8 Å². The van der Waals surface area contributed by atoms with Crippen molar-refractivity contribution in [2.24, 2.45) is 11.1 Å². The van der Waals surface area contributed by atoms with E-state index in [-0.39, 0.29) is 35.2 Å². The Hall–Kier alpha value is -6.50. The van der Waals surface area contributed by atoms with Gasteiger partial charge in [0, 0.05) is 23.6 Å². The molecule has 0 aliphatic carbocycles. The number of rotatable bonds is 19. The van der Waals surface area contributed by atoms with Crippen LogP contribution < -0.4 is 14.2 Å². The smallest absolute Gasteiger partial charge is 0.418 e. The maximum Gasteiger partial charge on any atom is 0.418 e. The monoisotopic (exact) mass is 893 g/mol. The standard InChI is InChI=1S/C46H44N4O11S2/c1-30-47-36(29-62-30)42(38(51)25-35-45(52)50(46(35,2)3)61-63(54,55)56)48-60-41(28-57-4)37-26-39(58-43(31-17-9-5-10-18-31)32-19-11-6-12-20-32)40(27-49(37)53)59-44(33-21-13-7-14-22-33)34-23-15-8-16-24-34/h5-24,26-27,29,35,41,43-44H,25,28H2,1-4H3,(H-,53,54,55,56)/p+1/b48-42-/t35-,41?/m1/s1. The molecule has 15 nitrogen and oxygen atoms in total. The van der Waals surface area contributed by atoms with Crippen LogP contribution >= 0.6 is 11.3 Å². The number of benzene rings is 4. The number of aryl methyl sites for hydroxylation is 1. The van der Waals surface area contributed by atoms with Gasteiger partial charge in [0.05, 0.1) is 29.1 Å². The first-order valence-electron chi connectivity index (χ1n) is 19.7. The fraction of sp³-hybridized carbons (Fsp3) is 0.239. The molecule has 2 aromatic heterocycles. The Kier molecular flexibility index (Phi) is 13.6. The Morgan fingerprint density at radius 3 is 1.78 bits per heavy atom. The zero-order chi connectivity index (χ0) is 44.7. The first-order chi connectivity index (χ1) is 30.2. The van der Waals surface area contributed by atoms with Gasteiger partial charge in [0.2, 0.25) is 11.9 Å². The highest BCUT2D eigenvalue weighted by Crippen LogP contribution is 2.42. The minimum atomic E-state index is -5.01. The second kappa shape index (κ2) is 19.3. The van der Waals surface area contributed by atoms with Crippen LogP contribution in [0.4, 0.5) is 0 Å². The third-order valence-electron chi connectivity index (χ3n) is 10.4. The van der Waals surface area contributed by atoms with Gasteiger partial charge in [0.1, 0.15) is 17.9 Å². The van der Waals surface area contributed by atoms with E-state index >= 15 is 0 Å². The van der Waals surface area contributed by atoms with Gasteiger partial charge in [-0.15, -0.1) is 15.6 Å². The summed E-state index contributed by atoms with van der Waals surface area (Å²) in [6.45, 7) is 4.55. The number of nitrogens with zero attached hydrogens (tertiary/aromatic N) is 4. The number of carbonyl (C=O) groups is 2. The van der Waals surface area contributed by atoms with Crippen molar-refractivity contribution >= 4 is 39.1 Å². The number of ether oxygens (including phenoxy) is 3. The van der Waals surface area contributed by atoms with E-state index in [1.165, 1.54) is 38.5 Å². The van der Waals surface area contributed by atoms with Crippen LogP contribution in [0.5, 0.6) is 11.5 Å². The Morgan fingerprint density at radius 2 is 1.35 bits per heavy atom. The molecule has 2 N–H and O–H groups in total.